The van der Waals surface area contributed by atoms with Crippen LogP contribution in [0.4, 0.5) is 5.69 Å². The van der Waals surface area contributed by atoms with Gasteiger partial charge in [0, 0.05) is 24.4 Å². The monoisotopic (exact) mass is 477 g/mol. The van der Waals surface area contributed by atoms with Gasteiger partial charge < -0.3 is 14.8 Å². The molecule has 32 heavy (non-hydrogen) atoms. The Hall–Kier alpha value is -2.53. The van der Waals surface area contributed by atoms with E-state index >= 15 is 0 Å². The van der Waals surface area contributed by atoms with Crippen molar-refractivity contribution in [3.63, 3.8) is 0 Å². The molecule has 0 spiro atoms. The van der Waals surface area contributed by atoms with Crippen LogP contribution in [0.15, 0.2) is 53.4 Å². The van der Waals surface area contributed by atoms with Gasteiger partial charge in [0.2, 0.25) is 10.0 Å². The first-order valence-corrected chi connectivity index (χ1v) is 12.3. The number of hydrogen-bond acceptors (Lipinski definition) is 6. The summed E-state index contributed by atoms with van der Waals surface area (Å²) in [5.41, 5.74) is 0.994. The van der Waals surface area contributed by atoms with Crippen LogP contribution in [-0.2, 0) is 14.8 Å². The Labute approximate surface area is 193 Å². The largest absolute Gasteiger partial charge is 0.494 e. The molecular formula is C22H27N3O5S2. The first-order chi connectivity index (χ1) is 15.4. The van der Waals surface area contributed by atoms with Gasteiger partial charge in [0.15, 0.2) is 5.11 Å². The smallest absolute Gasteiger partial charge is 0.257 e. The maximum absolute atomic E-state index is 12.4. The highest BCUT2D eigenvalue weighted by molar-refractivity contribution is 7.89. The van der Waals surface area contributed by atoms with E-state index in [1.54, 1.807) is 36.4 Å². The maximum atomic E-state index is 12.4. The minimum absolute atomic E-state index is 0.0771. The highest BCUT2D eigenvalue weighted by atomic mass is 32.2. The minimum Gasteiger partial charge on any atom is -0.494 e. The summed E-state index contributed by atoms with van der Waals surface area (Å²) in [7, 11) is -3.63. The zero-order valence-electron chi connectivity index (χ0n) is 17.8. The molecule has 0 saturated carbocycles. The average Bonchev–Trinajstić information content (AvgIpc) is 3.31. The number of ether oxygens (including phenoxy) is 2. The predicted molar refractivity (Wildman–Crippen MR) is 127 cm³/mol. The van der Waals surface area contributed by atoms with Gasteiger partial charge in [-0.1, -0.05) is 6.92 Å². The van der Waals surface area contributed by atoms with Crippen molar-refractivity contribution in [1.82, 2.24) is 10.0 Å². The second kappa shape index (κ2) is 11.4. The molecule has 172 valence electrons. The number of hydrogen-bond donors (Lipinski definition) is 3. The zero-order chi connectivity index (χ0) is 23.0. The van der Waals surface area contributed by atoms with Crippen LogP contribution in [0.1, 0.15) is 36.5 Å². The van der Waals surface area contributed by atoms with Crippen LogP contribution in [0.5, 0.6) is 5.75 Å². The molecule has 2 aromatic carbocycles. The van der Waals surface area contributed by atoms with Crippen LogP contribution in [0, 0.1) is 0 Å². The van der Waals surface area contributed by atoms with Crippen LogP contribution >= 0.6 is 12.2 Å². The van der Waals surface area contributed by atoms with Crippen LogP contribution < -0.4 is 20.1 Å². The van der Waals surface area contributed by atoms with E-state index in [4.69, 9.17) is 21.7 Å². The molecule has 0 radical (unpaired) electrons. The fourth-order valence-corrected chi connectivity index (χ4v) is 4.35. The molecule has 1 fully saturated rings. The third kappa shape index (κ3) is 6.99. The van der Waals surface area contributed by atoms with E-state index in [0.717, 1.165) is 19.3 Å². The van der Waals surface area contributed by atoms with Crippen molar-refractivity contribution in [2.45, 2.75) is 37.2 Å². The molecule has 0 aromatic heterocycles. The standard InChI is InChI=1S/C22H27N3O5S2/c1-2-13-29-18-9-5-16(6-10-18)21(26)25-22(31)24-17-7-11-20(12-8-17)32(27,28)23-15-19-4-3-14-30-19/h5-12,19,23H,2-4,13-15H2,1H3,(H2,24,25,26,31). The van der Waals surface area contributed by atoms with Crippen molar-refractivity contribution in [1.29, 1.82) is 0 Å². The summed E-state index contributed by atoms with van der Waals surface area (Å²) < 4.78 is 38.4. The molecule has 1 amide bonds. The van der Waals surface area contributed by atoms with Gasteiger partial charge in [-0.15, -0.1) is 0 Å². The molecule has 0 aliphatic carbocycles. The Kier molecular flexibility index (Phi) is 8.57. The van der Waals surface area contributed by atoms with Crippen LogP contribution in [-0.4, -0.2) is 45.3 Å². The summed E-state index contributed by atoms with van der Waals surface area (Å²) in [6, 6.07) is 12.9. The van der Waals surface area contributed by atoms with Crippen LogP contribution in [0.2, 0.25) is 0 Å². The second-order valence-electron chi connectivity index (χ2n) is 7.29. The third-order valence-electron chi connectivity index (χ3n) is 4.76. The number of nitrogens with one attached hydrogen (secondary N) is 3. The lowest BCUT2D eigenvalue weighted by atomic mass is 10.2. The summed E-state index contributed by atoms with van der Waals surface area (Å²) in [6.07, 6.45) is 2.63. The van der Waals surface area contributed by atoms with Crippen molar-refractivity contribution < 1.29 is 22.7 Å². The fourth-order valence-electron chi connectivity index (χ4n) is 3.07. The summed E-state index contributed by atoms with van der Waals surface area (Å²) >= 11 is 5.19. The second-order valence-corrected chi connectivity index (χ2v) is 9.47. The number of carbonyl (C=O) groups excluding carboxylic acids is 1. The minimum atomic E-state index is -3.63. The lowest BCUT2D eigenvalue weighted by Crippen LogP contribution is -2.34. The molecule has 2 aromatic rings. The molecule has 1 aliphatic heterocycles. The van der Waals surface area contributed by atoms with Crippen molar-refractivity contribution in [2.75, 3.05) is 25.1 Å². The molecule has 1 unspecified atom stereocenters. The number of benzene rings is 2. The van der Waals surface area contributed by atoms with Crippen molar-refractivity contribution in [3.8, 4) is 5.75 Å². The fraction of sp³-hybridized carbons (Fsp3) is 0.364. The predicted octanol–water partition coefficient (Wildman–Crippen LogP) is 3.06. The van der Waals surface area contributed by atoms with E-state index in [0.29, 0.717) is 30.2 Å². The summed E-state index contributed by atoms with van der Waals surface area (Å²) in [6.45, 7) is 3.56. The normalized spacial score (nSPS) is 15.8. The number of rotatable bonds is 9. The molecule has 8 nitrogen and oxygen atoms in total. The van der Waals surface area contributed by atoms with Gasteiger partial charge in [-0.3, -0.25) is 10.1 Å². The Morgan fingerprint density at radius 2 is 1.88 bits per heavy atom. The molecular weight excluding hydrogens is 450 g/mol. The highest BCUT2D eigenvalue weighted by Crippen LogP contribution is 2.16. The Morgan fingerprint density at radius 1 is 1.16 bits per heavy atom. The number of amides is 1. The molecule has 0 bridgehead atoms. The number of anilines is 1. The van der Waals surface area contributed by atoms with Crippen LogP contribution in [0.25, 0.3) is 0 Å². The van der Waals surface area contributed by atoms with E-state index in [-0.39, 0.29) is 28.6 Å². The Balaban J connectivity index is 1.51. The first kappa shape index (κ1) is 24.1. The third-order valence-corrected chi connectivity index (χ3v) is 6.41. The topological polar surface area (TPSA) is 106 Å². The van der Waals surface area contributed by atoms with Crippen molar-refractivity contribution >= 4 is 38.9 Å². The van der Waals surface area contributed by atoms with Gasteiger partial charge in [-0.05, 0) is 80.0 Å². The van der Waals surface area contributed by atoms with E-state index in [9.17, 15) is 13.2 Å². The summed E-state index contributed by atoms with van der Waals surface area (Å²) in [4.78, 5) is 12.5. The van der Waals surface area contributed by atoms with E-state index < -0.39 is 10.0 Å². The lowest BCUT2D eigenvalue weighted by Gasteiger charge is -2.13. The van der Waals surface area contributed by atoms with Gasteiger partial charge in [-0.2, -0.15) is 0 Å². The zero-order valence-corrected chi connectivity index (χ0v) is 19.4. The molecule has 3 rings (SSSR count). The first-order valence-electron chi connectivity index (χ1n) is 10.4. The van der Waals surface area contributed by atoms with E-state index in [1.807, 2.05) is 6.92 Å². The molecule has 1 heterocycles. The lowest BCUT2D eigenvalue weighted by molar-refractivity contribution is 0.0977. The van der Waals surface area contributed by atoms with Gasteiger partial charge in [-0.25, -0.2) is 13.1 Å². The summed E-state index contributed by atoms with van der Waals surface area (Å²) in [5, 5.41) is 5.58. The number of thiocarbonyl (C=S) groups is 1. The summed E-state index contributed by atoms with van der Waals surface area (Å²) in [5.74, 6) is 0.339. The van der Waals surface area contributed by atoms with E-state index in [1.165, 1.54) is 12.1 Å². The Bertz CT molecular complexity index is 1020. The molecule has 1 aliphatic rings. The SMILES string of the molecule is CCCOc1ccc(C(=O)NC(=S)Nc2ccc(S(=O)(=O)NCC3CCCO3)cc2)cc1. The van der Waals surface area contributed by atoms with Gasteiger partial charge >= 0.3 is 0 Å². The maximum Gasteiger partial charge on any atom is 0.257 e. The van der Waals surface area contributed by atoms with E-state index in [2.05, 4.69) is 15.4 Å². The van der Waals surface area contributed by atoms with Gasteiger partial charge in [0.05, 0.1) is 17.6 Å². The van der Waals surface area contributed by atoms with Gasteiger partial charge in [0.1, 0.15) is 5.75 Å². The molecule has 1 saturated heterocycles. The number of sulfonamides is 1. The quantitative estimate of drug-likeness (QED) is 0.477. The Morgan fingerprint density at radius 3 is 2.50 bits per heavy atom. The van der Waals surface area contributed by atoms with Crippen LogP contribution in [0.3, 0.4) is 0 Å². The molecule has 3 N–H and O–H groups in total. The van der Waals surface area contributed by atoms with Gasteiger partial charge in [0.25, 0.3) is 5.91 Å². The van der Waals surface area contributed by atoms with Crippen molar-refractivity contribution in [2.24, 2.45) is 0 Å². The average molecular weight is 478 g/mol. The molecule has 1 atom stereocenters. The number of carbonyl (C=O) groups is 1. The highest BCUT2D eigenvalue weighted by Gasteiger charge is 2.20. The van der Waals surface area contributed by atoms with Crippen molar-refractivity contribution in [3.05, 3.63) is 54.1 Å². The molecule has 10 heteroatoms.